The van der Waals surface area contributed by atoms with E-state index in [1.165, 1.54) is 52.0 Å². The van der Waals surface area contributed by atoms with E-state index in [0.29, 0.717) is 0 Å². The zero-order chi connectivity index (χ0) is 59.6. The lowest BCUT2D eigenvalue weighted by Gasteiger charge is -2.67. The van der Waals surface area contributed by atoms with Gasteiger partial charge in [-0.3, -0.25) is 28.8 Å². The van der Waals surface area contributed by atoms with Crippen LogP contribution in [0.2, 0.25) is 0 Å². The molecule has 4 fully saturated rings. The van der Waals surface area contributed by atoms with Crippen LogP contribution in [0.5, 0.6) is 0 Å². The lowest BCUT2D eigenvalue weighted by Crippen LogP contribution is -2.82. The topological polar surface area (TPSA) is 344 Å². The van der Waals surface area contributed by atoms with E-state index >= 15 is 9.59 Å². The highest BCUT2D eigenvalue weighted by atomic mass is 16.7. The molecule has 2 aliphatic heterocycles. The van der Waals surface area contributed by atoms with Crippen molar-refractivity contribution in [3.8, 4) is 0 Å². The molecule has 2 saturated heterocycles. The fraction of sp³-hybridized carbons (Fsp3) is 0.525. The average Bonchev–Trinajstić information content (AvgIpc) is 0.984. The number of carbonyl (C=O) groups is 8. The van der Waals surface area contributed by atoms with Gasteiger partial charge in [0.25, 0.3) is 5.91 Å². The largest absolute Gasteiger partial charge is 0.463 e. The molecular formula is C59H69NO22. The summed E-state index contributed by atoms with van der Waals surface area (Å²) in [6.45, 7) is 7.04. The quantitative estimate of drug-likeness (QED) is 0.0415. The van der Waals surface area contributed by atoms with E-state index in [4.69, 9.17) is 37.9 Å². The number of nitrogens with one attached hydrogen (secondary N) is 1. The standard InChI is InChI=1S/C59H69NO22/c1-30-36(27-59(74)51(81-53(71)35-22-14-9-15-23-35)49-57(6,38(63)26-39-58(49,29-76-39)82-32(3)62)50(69)47(77-31(2)61)42(30)56(59,4)5)78-55(73)48(43(33-18-10-7-11-19-33)60-52(70)34-20-12-8-13-21-34)80-41(65)25-17-16-24-40(64)75-28-37-44(66)45(67)46(68)54(72)79-37/h7-15,18-23,36-39,43-49,51,54,63,66-68,72,74H,16-17,24-29H2,1-6H3,(H,60,70)/t36-,37?,38-,39+,43-,44?,45?,46?,47+,48+,49?,51?,54?,57+,58-,59+/m0/s1. The number of aliphatic hydroxyl groups excluding tert-OH is 5. The number of esters is 6. The van der Waals surface area contributed by atoms with Crippen LogP contribution in [0, 0.1) is 16.7 Å². The summed E-state index contributed by atoms with van der Waals surface area (Å²) in [5.74, 6) is -9.22. The highest BCUT2D eigenvalue weighted by Crippen LogP contribution is 2.64. The van der Waals surface area contributed by atoms with Gasteiger partial charge < -0.3 is 73.9 Å². The Morgan fingerprint density at radius 3 is 1.93 bits per heavy atom. The molecule has 8 rings (SSSR count). The number of carbonyl (C=O) groups excluding carboxylic acids is 8. The number of benzene rings is 3. The Morgan fingerprint density at radius 1 is 0.744 bits per heavy atom. The van der Waals surface area contributed by atoms with Crippen LogP contribution in [0.25, 0.3) is 0 Å². The summed E-state index contributed by atoms with van der Waals surface area (Å²) < 4.78 is 47.0. The van der Waals surface area contributed by atoms with E-state index in [2.05, 4.69) is 5.32 Å². The summed E-state index contributed by atoms with van der Waals surface area (Å²) in [5.41, 5.74) is -7.96. The van der Waals surface area contributed by atoms with Gasteiger partial charge in [0.15, 0.2) is 23.8 Å². The number of fused-ring (bicyclic) bond motifs is 5. The highest BCUT2D eigenvalue weighted by Gasteiger charge is 2.78. The van der Waals surface area contributed by atoms with Gasteiger partial charge in [-0.05, 0) is 67.7 Å². The number of Topliss-reactive ketones (excluding diaryl/α,β-unsaturated/α-hetero) is 1. The van der Waals surface area contributed by atoms with Crippen LogP contribution in [0.3, 0.4) is 0 Å². The Labute approximate surface area is 471 Å². The summed E-state index contributed by atoms with van der Waals surface area (Å²) in [7, 11) is 0. The van der Waals surface area contributed by atoms with E-state index in [-0.39, 0.29) is 60.1 Å². The average molecular weight is 1140 g/mol. The summed E-state index contributed by atoms with van der Waals surface area (Å²) in [6.07, 6.45) is -20.5. The first-order valence-corrected chi connectivity index (χ1v) is 27.0. The molecule has 2 saturated carbocycles. The van der Waals surface area contributed by atoms with Crippen molar-refractivity contribution in [1.29, 1.82) is 0 Å². The Morgan fingerprint density at radius 2 is 1.34 bits per heavy atom. The molecule has 23 nitrogen and oxygen atoms in total. The molecule has 0 aromatic heterocycles. The molecule has 442 valence electrons. The summed E-state index contributed by atoms with van der Waals surface area (Å²) >= 11 is 0. The van der Waals surface area contributed by atoms with E-state index in [1.807, 2.05) is 0 Å². The maximum atomic E-state index is 15.8. The number of ketones is 1. The van der Waals surface area contributed by atoms with Crippen molar-refractivity contribution in [2.45, 2.75) is 165 Å². The van der Waals surface area contributed by atoms with Crippen LogP contribution >= 0.6 is 0 Å². The third-order valence-corrected chi connectivity index (χ3v) is 16.8. The zero-order valence-corrected chi connectivity index (χ0v) is 46.0. The fourth-order valence-corrected chi connectivity index (χ4v) is 12.3. The molecule has 3 aromatic rings. The Kier molecular flexibility index (Phi) is 18.2. The Bertz CT molecular complexity index is 2920. The number of unbranched alkanes of at least 4 members (excludes halogenated alkanes) is 1. The lowest BCUT2D eigenvalue weighted by atomic mass is 9.44. The predicted molar refractivity (Wildman–Crippen MR) is 280 cm³/mol. The van der Waals surface area contributed by atoms with Gasteiger partial charge in [-0.1, -0.05) is 80.6 Å². The first-order valence-electron chi connectivity index (χ1n) is 27.0. The molecule has 0 spiro atoms. The maximum Gasteiger partial charge on any atom is 0.350 e. The number of hydrogen-bond acceptors (Lipinski definition) is 22. The first-order chi connectivity index (χ1) is 38.8. The van der Waals surface area contributed by atoms with E-state index in [1.54, 1.807) is 66.7 Å². The SMILES string of the molecule is CC(=O)O[C@H]1C(=O)[C@@]2(C)C(C(OC(=O)c3ccccc3)[C@]3(O)C[C@H](OC(=O)[C@H](OC(=O)CCCCC(=O)OCC4OC(O)C(O)C(O)C4O)[C@@H](NC(=O)c4ccccc4)c4ccccc4)C(C)=C1C3(C)C)[C@]1(OC(C)=O)CO[C@@H]1C[C@@H]2O. The normalized spacial score (nSPS) is 32.5. The van der Waals surface area contributed by atoms with Crippen molar-refractivity contribution in [3.05, 3.63) is 119 Å². The van der Waals surface area contributed by atoms with Gasteiger partial charge >= 0.3 is 35.8 Å². The molecule has 7 unspecified atom stereocenters. The highest BCUT2D eigenvalue weighted by molar-refractivity contribution is 5.96. The fourth-order valence-electron chi connectivity index (χ4n) is 12.3. The van der Waals surface area contributed by atoms with Gasteiger partial charge in [0.2, 0.25) is 6.10 Å². The third-order valence-electron chi connectivity index (χ3n) is 16.8. The Balaban J connectivity index is 1.17. The molecule has 82 heavy (non-hydrogen) atoms. The molecule has 3 aromatic carbocycles. The van der Waals surface area contributed by atoms with E-state index in [9.17, 15) is 59.4 Å². The van der Waals surface area contributed by atoms with Crippen LogP contribution in [0.15, 0.2) is 102 Å². The second kappa shape index (κ2) is 24.5. The summed E-state index contributed by atoms with van der Waals surface area (Å²) in [4.78, 5) is 113. The maximum absolute atomic E-state index is 15.8. The first kappa shape index (κ1) is 61.1. The number of ether oxygens (including phenoxy) is 8. The monoisotopic (exact) mass is 1140 g/mol. The summed E-state index contributed by atoms with van der Waals surface area (Å²) in [5, 5.41) is 68.9. The van der Waals surface area contributed by atoms with Gasteiger partial charge in [0, 0.05) is 50.5 Å². The van der Waals surface area contributed by atoms with E-state index < -0.39 is 168 Å². The van der Waals surface area contributed by atoms with Gasteiger partial charge in [-0.2, -0.15) is 0 Å². The minimum atomic E-state index is -2.53. The molecule has 0 radical (unpaired) electrons. The minimum Gasteiger partial charge on any atom is -0.463 e. The molecule has 2 bridgehead atoms. The van der Waals surface area contributed by atoms with E-state index in [0.717, 1.165) is 13.8 Å². The zero-order valence-electron chi connectivity index (χ0n) is 46.0. The summed E-state index contributed by atoms with van der Waals surface area (Å²) in [6, 6.07) is 22.1. The molecule has 2 heterocycles. The molecule has 3 aliphatic carbocycles. The van der Waals surface area contributed by atoms with Gasteiger partial charge in [0.1, 0.15) is 61.0 Å². The second-order valence-electron chi connectivity index (χ2n) is 22.2. The Hall–Kier alpha value is -6.96. The van der Waals surface area contributed by atoms with Gasteiger partial charge in [-0.15, -0.1) is 0 Å². The van der Waals surface area contributed by atoms with Crippen LogP contribution in [-0.2, 0) is 66.7 Å². The van der Waals surface area contributed by atoms with Crippen molar-refractivity contribution in [2.75, 3.05) is 13.2 Å². The molecular weight excluding hydrogens is 1070 g/mol. The molecule has 5 aliphatic rings. The van der Waals surface area contributed by atoms with Crippen molar-refractivity contribution in [2.24, 2.45) is 16.7 Å². The molecule has 23 heteroatoms. The number of amides is 1. The van der Waals surface area contributed by atoms with Crippen molar-refractivity contribution in [3.63, 3.8) is 0 Å². The van der Waals surface area contributed by atoms with Gasteiger partial charge in [0.05, 0.1) is 29.6 Å². The van der Waals surface area contributed by atoms with Crippen LogP contribution in [-0.4, -0.2) is 170 Å². The molecule has 16 atom stereocenters. The molecule has 1 amide bonds. The van der Waals surface area contributed by atoms with Gasteiger partial charge in [-0.25, -0.2) is 9.59 Å². The van der Waals surface area contributed by atoms with Crippen molar-refractivity contribution in [1.82, 2.24) is 5.32 Å². The molecule has 7 N–H and O–H groups in total. The van der Waals surface area contributed by atoms with Crippen LogP contribution in [0.4, 0.5) is 0 Å². The van der Waals surface area contributed by atoms with Crippen molar-refractivity contribution >= 4 is 47.5 Å². The predicted octanol–water partition coefficient (Wildman–Crippen LogP) is 2.19. The number of aliphatic hydroxyl groups is 6. The lowest BCUT2D eigenvalue weighted by molar-refractivity contribution is -0.346. The number of rotatable bonds is 18. The third kappa shape index (κ3) is 11.7. The van der Waals surface area contributed by atoms with Crippen molar-refractivity contribution < 1.29 is 107 Å². The second-order valence-corrected chi connectivity index (χ2v) is 22.2. The number of hydrogen-bond donors (Lipinski definition) is 7. The minimum absolute atomic E-state index is 0.00619. The van der Waals surface area contributed by atoms with Crippen LogP contribution < -0.4 is 5.32 Å². The smallest absolute Gasteiger partial charge is 0.350 e. The van der Waals surface area contributed by atoms with Crippen LogP contribution in [0.1, 0.15) is 112 Å².